The molecule has 1 unspecified atom stereocenters. The van der Waals surface area contributed by atoms with Gasteiger partial charge in [-0.25, -0.2) is 0 Å². The second-order valence-electron chi connectivity index (χ2n) is 15.8. The summed E-state index contributed by atoms with van der Waals surface area (Å²) in [4.78, 5) is 12.8. The van der Waals surface area contributed by atoms with Gasteiger partial charge in [-0.15, -0.1) is 0 Å². The lowest BCUT2D eigenvalue weighted by Crippen LogP contribution is -2.56. The van der Waals surface area contributed by atoms with Gasteiger partial charge < -0.3 is 10.5 Å². The van der Waals surface area contributed by atoms with Crippen LogP contribution in [0.1, 0.15) is 133 Å². The van der Waals surface area contributed by atoms with Gasteiger partial charge in [0.25, 0.3) is 0 Å². The van der Waals surface area contributed by atoms with E-state index in [1.165, 1.54) is 56.9 Å². The van der Waals surface area contributed by atoms with Crippen LogP contribution in [0.4, 0.5) is 0 Å². The molecule has 0 amide bonds. The summed E-state index contributed by atoms with van der Waals surface area (Å²) in [5.41, 5.74) is 12.2. The number of hydrogen-bond acceptors (Lipinski definition) is 3. The quantitative estimate of drug-likeness (QED) is 0.266. The number of nitrogens with two attached hydrogens (primary N) is 1. The molecule has 2 N–H and O–H groups in total. The number of esters is 1. The number of carbonyl (C=O) groups excluding carboxylic acids is 1. The topological polar surface area (TPSA) is 52.3 Å². The molecule has 0 aromatic rings. The first kappa shape index (κ1) is 29.9. The number of fused-ring (bicyclic) bond motifs is 4. The summed E-state index contributed by atoms with van der Waals surface area (Å²) in [6.07, 6.45) is 14.8. The van der Waals surface area contributed by atoms with Crippen LogP contribution in [0.15, 0.2) is 22.8 Å². The molecule has 38 heavy (non-hydrogen) atoms. The van der Waals surface area contributed by atoms with Gasteiger partial charge in [0.1, 0.15) is 12.1 Å². The van der Waals surface area contributed by atoms with Crippen LogP contribution < -0.4 is 5.73 Å². The predicted molar refractivity (Wildman–Crippen MR) is 160 cm³/mol. The largest absolute Gasteiger partial charge is 0.461 e. The molecular formula is C35H59NO2. The van der Waals surface area contributed by atoms with Crippen molar-refractivity contribution in [3.63, 3.8) is 0 Å². The first-order valence-electron chi connectivity index (χ1n) is 15.9. The molecule has 0 saturated heterocycles. The van der Waals surface area contributed by atoms with E-state index < -0.39 is 6.04 Å². The summed E-state index contributed by atoms with van der Waals surface area (Å²) in [6, 6.07) is -0.532. The highest BCUT2D eigenvalue weighted by atomic mass is 16.5. The van der Waals surface area contributed by atoms with Crippen LogP contribution in [-0.4, -0.2) is 18.1 Å². The fourth-order valence-corrected chi connectivity index (χ4v) is 10.2. The molecule has 4 rings (SSSR count). The molecule has 4 aliphatic rings. The lowest BCUT2D eigenvalue weighted by Gasteiger charge is -2.62. The van der Waals surface area contributed by atoms with Gasteiger partial charge in [-0.2, -0.15) is 0 Å². The summed E-state index contributed by atoms with van der Waals surface area (Å²) in [7, 11) is 0. The third-order valence-electron chi connectivity index (χ3n) is 12.9. The van der Waals surface area contributed by atoms with Crippen molar-refractivity contribution in [3.05, 3.63) is 22.8 Å². The Morgan fingerprint density at radius 3 is 2.29 bits per heavy atom. The highest BCUT2D eigenvalue weighted by Gasteiger charge is 2.63. The molecular weight excluding hydrogens is 466 g/mol. The Labute approximate surface area is 234 Å². The van der Waals surface area contributed by atoms with Crippen LogP contribution in [-0.2, 0) is 9.53 Å². The lowest BCUT2D eigenvalue weighted by atomic mass is 9.43. The summed E-state index contributed by atoms with van der Waals surface area (Å²) in [5.74, 6) is 2.05. The number of carbonyl (C=O) groups is 1. The standard InChI is InChI=1S/C35H59NO2/c1-22(2)12-11-13-24(5)25-16-20-35(10)27-14-15-28-32(6,7)29(38-31(37)30(36)23(3)4)18-19-33(28,8)26(27)17-21-34(25,35)9/h12,23-25,28-30H,11,13-21,36H2,1-10H3/t24-,25-,28?,29+,30+,33-,34-,35+/m1/s1. The minimum Gasteiger partial charge on any atom is -0.461 e. The summed E-state index contributed by atoms with van der Waals surface area (Å²) in [6.45, 7) is 23.6. The third-order valence-corrected chi connectivity index (χ3v) is 12.9. The highest BCUT2D eigenvalue weighted by molar-refractivity contribution is 5.76. The van der Waals surface area contributed by atoms with Crippen LogP contribution >= 0.6 is 0 Å². The van der Waals surface area contributed by atoms with Crippen molar-refractivity contribution in [2.24, 2.45) is 51.1 Å². The van der Waals surface area contributed by atoms with Gasteiger partial charge in [-0.3, -0.25) is 4.79 Å². The number of rotatable bonds is 7. The van der Waals surface area contributed by atoms with E-state index in [9.17, 15) is 4.79 Å². The Balaban J connectivity index is 1.58. The van der Waals surface area contributed by atoms with Gasteiger partial charge in [0.05, 0.1) is 0 Å². The fraction of sp³-hybridized carbons (Fsp3) is 0.857. The van der Waals surface area contributed by atoms with Crippen LogP contribution in [0.2, 0.25) is 0 Å². The average molecular weight is 526 g/mol. The molecule has 3 nitrogen and oxygen atoms in total. The van der Waals surface area contributed by atoms with Crippen molar-refractivity contribution in [2.75, 3.05) is 0 Å². The maximum absolute atomic E-state index is 12.8. The Hall–Kier alpha value is -1.09. The van der Waals surface area contributed by atoms with Crippen molar-refractivity contribution in [1.29, 1.82) is 0 Å². The van der Waals surface area contributed by atoms with Gasteiger partial charge in [0.15, 0.2) is 0 Å². The molecule has 0 aromatic heterocycles. The van der Waals surface area contributed by atoms with E-state index >= 15 is 0 Å². The Bertz CT molecular complexity index is 970. The van der Waals surface area contributed by atoms with E-state index in [2.05, 4.69) is 61.5 Å². The normalized spacial score (nSPS) is 39.6. The van der Waals surface area contributed by atoms with Gasteiger partial charge in [-0.05, 0) is 118 Å². The monoisotopic (exact) mass is 525 g/mol. The average Bonchev–Trinajstić information content (AvgIpc) is 3.11. The minimum absolute atomic E-state index is 0.0398. The molecule has 2 fully saturated rings. The van der Waals surface area contributed by atoms with E-state index in [1.54, 1.807) is 0 Å². The van der Waals surface area contributed by atoms with E-state index in [0.29, 0.717) is 16.7 Å². The van der Waals surface area contributed by atoms with Gasteiger partial charge in [-0.1, -0.05) is 78.2 Å². The lowest BCUT2D eigenvalue weighted by molar-refractivity contribution is -0.172. The van der Waals surface area contributed by atoms with E-state index in [4.69, 9.17) is 10.5 Å². The Kier molecular flexibility index (Phi) is 8.17. The minimum atomic E-state index is -0.532. The maximum atomic E-state index is 12.8. The van der Waals surface area contributed by atoms with Crippen molar-refractivity contribution in [2.45, 2.75) is 146 Å². The SMILES string of the molecule is CC(C)=CCC[C@@H](C)[C@H]1CC[C@@]2(C)C3=C(CC[C@]12C)[C@@]1(C)CC[C@H](OC(=O)[C@@H](N)C(C)C)C(C)(C)C1CC3. The predicted octanol–water partition coefficient (Wildman–Crippen LogP) is 9.01. The first-order valence-corrected chi connectivity index (χ1v) is 15.9. The molecule has 8 atom stereocenters. The molecule has 4 aliphatic carbocycles. The van der Waals surface area contributed by atoms with Crippen molar-refractivity contribution < 1.29 is 9.53 Å². The summed E-state index contributed by atoms with van der Waals surface area (Å²) < 4.78 is 6.17. The zero-order valence-electron chi connectivity index (χ0n) is 26.5. The molecule has 0 spiro atoms. The van der Waals surface area contributed by atoms with Gasteiger partial charge in [0, 0.05) is 5.41 Å². The molecule has 0 aliphatic heterocycles. The van der Waals surface area contributed by atoms with Crippen molar-refractivity contribution >= 4 is 5.97 Å². The molecule has 0 bridgehead atoms. The van der Waals surface area contributed by atoms with E-state index in [1.807, 2.05) is 25.0 Å². The molecule has 0 radical (unpaired) electrons. The first-order chi connectivity index (χ1) is 17.6. The summed E-state index contributed by atoms with van der Waals surface area (Å²) >= 11 is 0. The van der Waals surface area contributed by atoms with E-state index in [-0.39, 0.29) is 28.8 Å². The molecule has 0 aromatic carbocycles. The van der Waals surface area contributed by atoms with E-state index in [0.717, 1.165) is 24.7 Å². The maximum Gasteiger partial charge on any atom is 0.323 e. The molecule has 216 valence electrons. The number of allylic oxidation sites excluding steroid dienone is 4. The zero-order chi connectivity index (χ0) is 28.3. The second-order valence-corrected chi connectivity index (χ2v) is 15.8. The van der Waals surface area contributed by atoms with Gasteiger partial charge in [0.2, 0.25) is 0 Å². The van der Waals surface area contributed by atoms with Crippen LogP contribution in [0.3, 0.4) is 0 Å². The molecule has 3 heteroatoms. The second kappa shape index (κ2) is 10.4. The fourth-order valence-electron chi connectivity index (χ4n) is 10.2. The van der Waals surface area contributed by atoms with Gasteiger partial charge >= 0.3 is 5.97 Å². The number of ether oxygens (including phenoxy) is 1. The Morgan fingerprint density at radius 2 is 1.66 bits per heavy atom. The summed E-state index contributed by atoms with van der Waals surface area (Å²) in [5, 5.41) is 0. The smallest absolute Gasteiger partial charge is 0.323 e. The van der Waals surface area contributed by atoms with Crippen molar-refractivity contribution in [3.8, 4) is 0 Å². The van der Waals surface area contributed by atoms with Crippen LogP contribution in [0, 0.1) is 45.3 Å². The Morgan fingerprint density at radius 1 is 0.974 bits per heavy atom. The molecule has 2 saturated carbocycles. The highest BCUT2D eigenvalue weighted by Crippen LogP contribution is 2.72. The molecule has 0 heterocycles. The van der Waals surface area contributed by atoms with Crippen LogP contribution in [0.5, 0.6) is 0 Å². The third kappa shape index (κ3) is 4.65. The van der Waals surface area contributed by atoms with Crippen LogP contribution in [0.25, 0.3) is 0 Å². The zero-order valence-corrected chi connectivity index (χ0v) is 26.5. The van der Waals surface area contributed by atoms with Crippen molar-refractivity contribution in [1.82, 2.24) is 0 Å². The number of hydrogen-bond donors (Lipinski definition) is 1.